The number of aromatic amines is 1. The topological polar surface area (TPSA) is 90.4 Å². The van der Waals surface area contributed by atoms with Crippen LogP contribution in [0.4, 0.5) is 0 Å². The minimum Gasteiger partial charge on any atom is -0.505 e. The van der Waals surface area contributed by atoms with Crippen molar-refractivity contribution >= 4 is 32.8 Å². The zero-order chi connectivity index (χ0) is 11.9. The third-order valence-corrected chi connectivity index (χ3v) is 2.80. The molecule has 3 N–H and O–H groups in total. The summed E-state index contributed by atoms with van der Waals surface area (Å²) in [7, 11) is 0. The third kappa shape index (κ3) is 1.57. The maximum atomic E-state index is 11.6. The van der Waals surface area contributed by atoms with Gasteiger partial charge in [0, 0.05) is 11.5 Å². The van der Waals surface area contributed by atoms with Gasteiger partial charge in [-0.05, 0) is 28.1 Å². The first-order valence-electron chi connectivity index (χ1n) is 4.28. The molecule has 2 aromatic rings. The summed E-state index contributed by atoms with van der Waals surface area (Å²) in [5.74, 6) is -1.43. The molecule has 16 heavy (non-hydrogen) atoms. The molecule has 1 heterocycles. The number of rotatable bonds is 1. The number of fused-ring (bicyclic) bond motifs is 1. The number of H-pyrrole nitrogens is 1. The van der Waals surface area contributed by atoms with Crippen LogP contribution in [0, 0.1) is 0 Å². The number of nitrogens with one attached hydrogen (secondary N) is 1. The van der Waals surface area contributed by atoms with Crippen molar-refractivity contribution < 1.29 is 15.0 Å². The van der Waals surface area contributed by atoms with E-state index in [9.17, 15) is 14.7 Å². The Labute approximate surface area is 97.5 Å². The highest BCUT2D eigenvalue weighted by Crippen LogP contribution is 2.29. The molecule has 0 saturated carbocycles. The van der Waals surface area contributed by atoms with Crippen LogP contribution in [0.25, 0.3) is 10.9 Å². The van der Waals surface area contributed by atoms with Crippen LogP contribution in [0.2, 0.25) is 0 Å². The molecule has 0 bridgehead atoms. The number of hydrogen-bond acceptors (Lipinski definition) is 3. The number of benzene rings is 1. The molecule has 0 fully saturated rings. The molecular weight excluding hydrogens is 278 g/mol. The van der Waals surface area contributed by atoms with Crippen molar-refractivity contribution in [2.45, 2.75) is 0 Å². The van der Waals surface area contributed by atoms with Crippen LogP contribution < -0.4 is 5.43 Å². The minimum atomic E-state index is -1.25. The van der Waals surface area contributed by atoms with Gasteiger partial charge < -0.3 is 15.2 Å². The van der Waals surface area contributed by atoms with E-state index in [2.05, 4.69) is 20.9 Å². The van der Waals surface area contributed by atoms with E-state index >= 15 is 0 Å². The number of aromatic carboxylic acids is 1. The lowest BCUT2D eigenvalue weighted by atomic mass is 10.2. The van der Waals surface area contributed by atoms with Gasteiger partial charge in [-0.15, -0.1) is 0 Å². The Hall–Kier alpha value is -1.82. The largest absolute Gasteiger partial charge is 0.505 e. The second-order valence-electron chi connectivity index (χ2n) is 3.17. The fourth-order valence-corrected chi connectivity index (χ4v) is 1.72. The highest BCUT2D eigenvalue weighted by molar-refractivity contribution is 9.10. The maximum Gasteiger partial charge on any atom is 0.352 e. The Morgan fingerprint density at radius 1 is 1.38 bits per heavy atom. The molecule has 82 valence electrons. The fraction of sp³-hybridized carbons (Fsp3) is 0. The predicted molar refractivity (Wildman–Crippen MR) is 60.9 cm³/mol. The van der Waals surface area contributed by atoms with Gasteiger partial charge in [-0.1, -0.05) is 0 Å². The first kappa shape index (κ1) is 10.7. The van der Waals surface area contributed by atoms with Crippen LogP contribution in [-0.4, -0.2) is 21.2 Å². The van der Waals surface area contributed by atoms with Gasteiger partial charge in [-0.25, -0.2) is 4.79 Å². The van der Waals surface area contributed by atoms with Crippen molar-refractivity contribution in [2.24, 2.45) is 0 Å². The molecule has 6 heteroatoms. The second kappa shape index (κ2) is 3.64. The quantitative estimate of drug-likeness (QED) is 0.743. The molecule has 5 nitrogen and oxygen atoms in total. The van der Waals surface area contributed by atoms with E-state index in [-0.39, 0.29) is 22.3 Å². The van der Waals surface area contributed by atoms with E-state index < -0.39 is 11.4 Å². The zero-order valence-corrected chi connectivity index (χ0v) is 9.41. The zero-order valence-electron chi connectivity index (χ0n) is 7.82. The Morgan fingerprint density at radius 3 is 2.69 bits per heavy atom. The molecule has 0 unspecified atom stereocenters. The smallest absolute Gasteiger partial charge is 0.352 e. The van der Waals surface area contributed by atoms with Gasteiger partial charge in [0.2, 0.25) is 0 Å². The number of hydrogen-bond donors (Lipinski definition) is 3. The monoisotopic (exact) mass is 283 g/mol. The van der Waals surface area contributed by atoms with Gasteiger partial charge in [0.1, 0.15) is 5.69 Å². The number of aromatic hydroxyl groups is 1. The fourth-order valence-electron chi connectivity index (χ4n) is 1.39. The van der Waals surface area contributed by atoms with E-state index in [1.807, 2.05) is 0 Å². The van der Waals surface area contributed by atoms with E-state index in [1.165, 1.54) is 12.1 Å². The summed E-state index contributed by atoms with van der Waals surface area (Å²) in [5, 5.41) is 18.7. The van der Waals surface area contributed by atoms with Crippen LogP contribution in [0.5, 0.6) is 5.75 Å². The number of pyridine rings is 1. The van der Waals surface area contributed by atoms with Crippen molar-refractivity contribution in [3.8, 4) is 5.75 Å². The number of phenols is 1. The summed E-state index contributed by atoms with van der Waals surface area (Å²) in [4.78, 5) is 24.8. The van der Waals surface area contributed by atoms with Gasteiger partial charge in [0.15, 0.2) is 11.2 Å². The first-order valence-corrected chi connectivity index (χ1v) is 5.08. The Morgan fingerprint density at radius 2 is 2.06 bits per heavy atom. The van der Waals surface area contributed by atoms with Crippen molar-refractivity contribution in [1.82, 2.24) is 4.98 Å². The summed E-state index contributed by atoms with van der Waals surface area (Å²) in [6.07, 6.45) is 0. The summed E-state index contributed by atoms with van der Waals surface area (Å²) in [6.45, 7) is 0. The number of aromatic nitrogens is 1. The molecule has 2 rings (SSSR count). The molecule has 0 saturated heterocycles. The number of carboxylic acids is 1. The van der Waals surface area contributed by atoms with Crippen LogP contribution in [0.3, 0.4) is 0 Å². The van der Waals surface area contributed by atoms with Gasteiger partial charge >= 0.3 is 5.97 Å². The van der Waals surface area contributed by atoms with Crippen LogP contribution in [0.15, 0.2) is 27.5 Å². The lowest BCUT2D eigenvalue weighted by Gasteiger charge is -2.04. The van der Waals surface area contributed by atoms with Crippen LogP contribution in [-0.2, 0) is 0 Å². The second-order valence-corrected chi connectivity index (χ2v) is 4.03. The van der Waals surface area contributed by atoms with Gasteiger partial charge in [-0.2, -0.15) is 0 Å². The normalized spacial score (nSPS) is 10.6. The van der Waals surface area contributed by atoms with Gasteiger partial charge in [0.05, 0.1) is 9.99 Å². The average Bonchev–Trinajstić information content (AvgIpc) is 2.23. The van der Waals surface area contributed by atoms with Crippen LogP contribution in [0.1, 0.15) is 10.5 Å². The van der Waals surface area contributed by atoms with E-state index in [4.69, 9.17) is 5.11 Å². The van der Waals surface area contributed by atoms with E-state index in [1.54, 1.807) is 0 Å². The summed E-state index contributed by atoms with van der Waals surface area (Å²) < 4.78 is 0.387. The Bertz CT molecular complexity index is 647. The van der Waals surface area contributed by atoms with Crippen molar-refractivity contribution in [2.75, 3.05) is 0 Å². The van der Waals surface area contributed by atoms with E-state index in [0.717, 1.165) is 6.07 Å². The van der Waals surface area contributed by atoms with Crippen molar-refractivity contribution in [1.29, 1.82) is 0 Å². The lowest BCUT2D eigenvalue weighted by Crippen LogP contribution is -2.09. The molecule has 0 amide bonds. The minimum absolute atomic E-state index is 0.110. The Balaban J connectivity index is 2.94. The lowest BCUT2D eigenvalue weighted by molar-refractivity contribution is 0.0691. The number of phenolic OH excluding ortho intramolecular Hbond substituents is 1. The SMILES string of the molecule is O=C(O)c1cc(=O)c2ccc(Br)c(O)c2[nH]1. The summed E-state index contributed by atoms with van der Waals surface area (Å²) in [6, 6.07) is 4.01. The third-order valence-electron chi connectivity index (χ3n) is 2.16. The molecule has 0 radical (unpaired) electrons. The van der Waals surface area contributed by atoms with Gasteiger partial charge in [-0.3, -0.25) is 4.79 Å². The number of carbonyl (C=O) groups is 1. The van der Waals surface area contributed by atoms with Gasteiger partial charge in [0.25, 0.3) is 0 Å². The highest BCUT2D eigenvalue weighted by Gasteiger charge is 2.11. The first-order chi connectivity index (χ1) is 7.50. The number of carboxylic acid groups (broad SMARTS) is 1. The molecule has 0 atom stereocenters. The summed E-state index contributed by atoms with van der Waals surface area (Å²) >= 11 is 3.08. The average molecular weight is 284 g/mol. The standard InChI is InChI=1S/C10H6BrNO4/c11-5-2-1-4-7(13)3-6(10(15)16)12-8(4)9(5)14/h1-3,14H,(H,12,13)(H,15,16). The predicted octanol–water partition coefficient (Wildman–Crippen LogP) is 1.69. The molecule has 1 aromatic carbocycles. The molecule has 0 aliphatic heterocycles. The highest BCUT2D eigenvalue weighted by atomic mass is 79.9. The van der Waals surface area contributed by atoms with Crippen molar-refractivity contribution in [3.63, 3.8) is 0 Å². The number of halogens is 1. The summed E-state index contributed by atoms with van der Waals surface area (Å²) in [5.41, 5.74) is -0.598. The van der Waals surface area contributed by atoms with E-state index in [0.29, 0.717) is 4.47 Å². The van der Waals surface area contributed by atoms with Crippen LogP contribution >= 0.6 is 15.9 Å². The van der Waals surface area contributed by atoms with Crippen molar-refractivity contribution in [3.05, 3.63) is 38.6 Å². The molecule has 1 aromatic heterocycles. The molecule has 0 aliphatic rings. The molecule has 0 spiro atoms. The Kier molecular flexibility index (Phi) is 2.43. The molecular formula is C10H6BrNO4. The molecule has 0 aliphatic carbocycles. The maximum absolute atomic E-state index is 11.6.